The average molecular weight is 276 g/mol. The van der Waals surface area contributed by atoms with Crippen LogP contribution >= 0.6 is 0 Å². The SMILES string of the molecule is COc1ncc(-c2cc(N)c([N+](=O)[O-])cc2OC)cn1. The molecule has 2 rings (SSSR count). The Morgan fingerprint density at radius 3 is 2.35 bits per heavy atom. The van der Waals surface area contributed by atoms with Crippen molar-refractivity contribution in [2.45, 2.75) is 0 Å². The molecule has 20 heavy (non-hydrogen) atoms. The fourth-order valence-corrected chi connectivity index (χ4v) is 1.70. The fraction of sp³-hybridized carbons (Fsp3) is 0.167. The summed E-state index contributed by atoms with van der Waals surface area (Å²) in [4.78, 5) is 18.2. The van der Waals surface area contributed by atoms with Crippen LogP contribution in [0.5, 0.6) is 11.8 Å². The van der Waals surface area contributed by atoms with Gasteiger partial charge in [-0.05, 0) is 6.07 Å². The van der Waals surface area contributed by atoms with Gasteiger partial charge in [0.15, 0.2) is 0 Å². The van der Waals surface area contributed by atoms with Crippen LogP contribution in [0.3, 0.4) is 0 Å². The number of methoxy groups -OCH3 is 2. The zero-order chi connectivity index (χ0) is 14.7. The molecule has 0 fully saturated rings. The highest BCUT2D eigenvalue weighted by molar-refractivity contribution is 5.78. The first-order chi connectivity index (χ1) is 9.56. The van der Waals surface area contributed by atoms with E-state index in [2.05, 4.69) is 9.97 Å². The lowest BCUT2D eigenvalue weighted by Crippen LogP contribution is -1.99. The molecule has 0 spiro atoms. The van der Waals surface area contributed by atoms with E-state index in [1.54, 1.807) is 0 Å². The Balaban J connectivity index is 2.54. The Hall–Kier alpha value is -2.90. The molecule has 0 saturated heterocycles. The molecule has 0 bridgehead atoms. The van der Waals surface area contributed by atoms with Gasteiger partial charge in [0.1, 0.15) is 11.4 Å². The molecule has 2 aromatic rings. The van der Waals surface area contributed by atoms with Crippen molar-refractivity contribution >= 4 is 11.4 Å². The summed E-state index contributed by atoms with van der Waals surface area (Å²) < 4.78 is 10.0. The minimum absolute atomic E-state index is 0.0432. The van der Waals surface area contributed by atoms with Crippen molar-refractivity contribution in [2.24, 2.45) is 0 Å². The Morgan fingerprint density at radius 1 is 1.20 bits per heavy atom. The third-order valence-corrected chi connectivity index (χ3v) is 2.67. The van der Waals surface area contributed by atoms with Gasteiger partial charge < -0.3 is 15.2 Å². The Bertz CT molecular complexity index is 643. The summed E-state index contributed by atoms with van der Waals surface area (Å²) in [6.07, 6.45) is 3.05. The molecule has 0 aliphatic rings. The van der Waals surface area contributed by atoms with Crippen LogP contribution < -0.4 is 15.2 Å². The molecule has 1 aromatic carbocycles. The lowest BCUT2D eigenvalue weighted by molar-refractivity contribution is -0.384. The molecule has 0 amide bonds. The van der Waals surface area contributed by atoms with E-state index in [1.807, 2.05) is 0 Å². The lowest BCUT2D eigenvalue weighted by Gasteiger charge is -2.09. The first-order valence-electron chi connectivity index (χ1n) is 5.55. The highest BCUT2D eigenvalue weighted by Crippen LogP contribution is 2.36. The van der Waals surface area contributed by atoms with Crippen LogP contribution in [0, 0.1) is 10.1 Å². The maximum Gasteiger partial charge on any atom is 0.316 e. The smallest absolute Gasteiger partial charge is 0.316 e. The number of hydrogen-bond acceptors (Lipinski definition) is 7. The van der Waals surface area contributed by atoms with Crippen LogP contribution in [0.15, 0.2) is 24.5 Å². The van der Waals surface area contributed by atoms with Gasteiger partial charge in [-0.25, -0.2) is 9.97 Å². The molecule has 8 nitrogen and oxygen atoms in total. The molecule has 104 valence electrons. The average Bonchev–Trinajstić information content (AvgIpc) is 2.46. The maximum absolute atomic E-state index is 10.9. The number of nitro benzene ring substituents is 1. The summed E-state index contributed by atoms with van der Waals surface area (Å²) in [5.41, 5.74) is 6.69. The van der Waals surface area contributed by atoms with Crippen molar-refractivity contribution in [1.29, 1.82) is 0 Å². The van der Waals surface area contributed by atoms with Crippen LogP contribution in [0.4, 0.5) is 11.4 Å². The highest BCUT2D eigenvalue weighted by atomic mass is 16.6. The van der Waals surface area contributed by atoms with Gasteiger partial charge in [-0.15, -0.1) is 0 Å². The maximum atomic E-state index is 10.9. The van der Waals surface area contributed by atoms with E-state index in [4.69, 9.17) is 15.2 Å². The van der Waals surface area contributed by atoms with E-state index in [0.717, 1.165) is 0 Å². The van der Waals surface area contributed by atoms with E-state index < -0.39 is 4.92 Å². The predicted molar refractivity (Wildman–Crippen MR) is 71.6 cm³/mol. The molecule has 2 N–H and O–H groups in total. The van der Waals surface area contributed by atoms with Gasteiger partial charge in [0, 0.05) is 23.5 Å². The molecule has 8 heteroatoms. The molecule has 0 unspecified atom stereocenters. The molecule has 0 aliphatic carbocycles. The lowest BCUT2D eigenvalue weighted by atomic mass is 10.1. The van der Waals surface area contributed by atoms with Crippen LogP contribution in [-0.2, 0) is 0 Å². The minimum atomic E-state index is -0.563. The minimum Gasteiger partial charge on any atom is -0.496 e. The molecule has 0 aliphatic heterocycles. The number of benzene rings is 1. The number of nitrogens with zero attached hydrogens (tertiary/aromatic N) is 3. The van der Waals surface area contributed by atoms with Gasteiger partial charge in [0.2, 0.25) is 0 Å². The number of aromatic nitrogens is 2. The molecule has 1 aromatic heterocycles. The molecular weight excluding hydrogens is 264 g/mol. The summed E-state index contributed by atoms with van der Waals surface area (Å²) >= 11 is 0. The molecule has 0 saturated carbocycles. The van der Waals surface area contributed by atoms with Crippen molar-refractivity contribution in [1.82, 2.24) is 9.97 Å². The predicted octanol–water partition coefficient (Wildman–Crippen LogP) is 1.65. The van der Waals surface area contributed by atoms with E-state index in [-0.39, 0.29) is 17.4 Å². The van der Waals surface area contributed by atoms with Gasteiger partial charge in [0.25, 0.3) is 5.69 Å². The number of rotatable bonds is 4. The zero-order valence-corrected chi connectivity index (χ0v) is 10.9. The van der Waals surface area contributed by atoms with Crippen molar-refractivity contribution in [3.8, 4) is 22.9 Å². The topological polar surface area (TPSA) is 113 Å². The van der Waals surface area contributed by atoms with Gasteiger partial charge in [-0.1, -0.05) is 0 Å². The van der Waals surface area contributed by atoms with Gasteiger partial charge in [-0.3, -0.25) is 10.1 Å². The molecule has 1 heterocycles. The number of nitrogens with two attached hydrogens (primary N) is 1. The van der Waals surface area contributed by atoms with E-state index in [9.17, 15) is 10.1 Å². The quantitative estimate of drug-likeness (QED) is 0.513. The van der Waals surface area contributed by atoms with Crippen LogP contribution in [0.2, 0.25) is 0 Å². The molecule has 0 atom stereocenters. The van der Waals surface area contributed by atoms with Gasteiger partial charge >= 0.3 is 6.01 Å². The summed E-state index contributed by atoms with van der Waals surface area (Å²) in [5, 5.41) is 10.9. The van der Waals surface area contributed by atoms with Crippen molar-refractivity contribution in [3.05, 3.63) is 34.6 Å². The third kappa shape index (κ3) is 2.44. The number of hydrogen-bond donors (Lipinski definition) is 1. The second kappa shape index (κ2) is 5.39. The second-order valence-electron chi connectivity index (χ2n) is 3.83. The van der Waals surface area contributed by atoms with Gasteiger partial charge in [0.05, 0.1) is 25.2 Å². The van der Waals surface area contributed by atoms with E-state index in [0.29, 0.717) is 16.9 Å². The normalized spacial score (nSPS) is 10.1. The van der Waals surface area contributed by atoms with Crippen molar-refractivity contribution in [3.63, 3.8) is 0 Å². The number of anilines is 1. The molecular formula is C12H12N4O4. The number of nitrogen functional groups attached to an aromatic ring is 1. The van der Waals surface area contributed by atoms with Crippen molar-refractivity contribution in [2.75, 3.05) is 20.0 Å². The summed E-state index contributed by atoms with van der Waals surface area (Å²) in [6.45, 7) is 0. The first kappa shape index (κ1) is 13.5. The standard InChI is InChI=1S/C12H12N4O4/c1-19-11-4-10(16(17)18)9(13)3-8(11)7-5-14-12(20-2)15-6-7/h3-6H,13H2,1-2H3. The first-order valence-corrected chi connectivity index (χ1v) is 5.55. The summed E-state index contributed by atoms with van der Waals surface area (Å²) in [5.74, 6) is 0.319. The van der Waals surface area contributed by atoms with Crippen molar-refractivity contribution < 1.29 is 14.4 Å². The second-order valence-corrected chi connectivity index (χ2v) is 3.83. The van der Waals surface area contributed by atoms with Crippen LogP contribution in [0.1, 0.15) is 0 Å². The zero-order valence-electron chi connectivity index (χ0n) is 10.9. The van der Waals surface area contributed by atoms with E-state index >= 15 is 0 Å². The Morgan fingerprint density at radius 2 is 1.85 bits per heavy atom. The third-order valence-electron chi connectivity index (χ3n) is 2.67. The monoisotopic (exact) mass is 276 g/mol. The highest BCUT2D eigenvalue weighted by Gasteiger charge is 2.18. The fourth-order valence-electron chi connectivity index (χ4n) is 1.70. The van der Waals surface area contributed by atoms with Crippen LogP contribution in [-0.4, -0.2) is 29.1 Å². The number of ether oxygens (including phenoxy) is 2. The van der Waals surface area contributed by atoms with Crippen LogP contribution in [0.25, 0.3) is 11.1 Å². The largest absolute Gasteiger partial charge is 0.496 e. The number of nitro groups is 1. The Kier molecular flexibility index (Phi) is 3.65. The Labute approximate surface area is 114 Å². The summed E-state index contributed by atoms with van der Waals surface area (Å²) in [7, 11) is 2.88. The van der Waals surface area contributed by atoms with E-state index in [1.165, 1.54) is 38.7 Å². The molecule has 0 radical (unpaired) electrons. The van der Waals surface area contributed by atoms with Gasteiger partial charge in [-0.2, -0.15) is 0 Å². The summed E-state index contributed by atoms with van der Waals surface area (Å²) in [6, 6.07) is 2.96.